The van der Waals surface area contributed by atoms with E-state index in [0.29, 0.717) is 5.52 Å². The molecule has 0 fully saturated rings. The number of nitrogens with zero attached hydrogens (tertiary/aromatic N) is 2. The normalized spacial score (nSPS) is 12.3. The van der Waals surface area contributed by atoms with E-state index in [1.165, 1.54) is 39.4 Å². The predicted molar refractivity (Wildman–Crippen MR) is 92.1 cm³/mol. The molecule has 0 saturated carbocycles. The van der Waals surface area contributed by atoms with Gasteiger partial charge in [-0.2, -0.15) is 4.31 Å². The zero-order valence-electron chi connectivity index (χ0n) is 12.3. The monoisotopic (exact) mass is 416 g/mol. The Hall–Kier alpha value is -1.42. The van der Waals surface area contributed by atoms with Gasteiger partial charge in [0.1, 0.15) is 0 Å². The Balaban J connectivity index is 1.96. The van der Waals surface area contributed by atoms with E-state index in [1.54, 1.807) is 13.1 Å². The zero-order chi connectivity index (χ0) is 16.8. The fourth-order valence-corrected chi connectivity index (χ4v) is 4.98. The molecule has 2 heterocycles. The van der Waals surface area contributed by atoms with E-state index in [0.717, 1.165) is 8.66 Å². The van der Waals surface area contributed by atoms with Crippen LogP contribution in [0.5, 0.6) is 0 Å². The molecule has 0 saturated heterocycles. The Bertz CT molecular complexity index is 1030. The first kappa shape index (κ1) is 16.4. The summed E-state index contributed by atoms with van der Waals surface area (Å²) in [6.45, 7) is 0.273. The highest BCUT2D eigenvalue weighted by atomic mass is 79.9. The van der Waals surface area contributed by atoms with E-state index in [1.807, 2.05) is 12.1 Å². The van der Waals surface area contributed by atoms with Crippen LogP contribution in [0.2, 0.25) is 0 Å². The van der Waals surface area contributed by atoms with Gasteiger partial charge >= 0.3 is 5.76 Å². The molecule has 0 amide bonds. The quantitative estimate of drug-likeness (QED) is 0.655. The summed E-state index contributed by atoms with van der Waals surface area (Å²) in [7, 11) is -0.575. The number of benzene rings is 1. The van der Waals surface area contributed by atoms with Crippen molar-refractivity contribution >= 4 is 48.4 Å². The fraction of sp³-hybridized carbons (Fsp3) is 0.214. The van der Waals surface area contributed by atoms with Crippen molar-refractivity contribution in [3.8, 4) is 0 Å². The Kier molecular flexibility index (Phi) is 4.21. The molecule has 0 atom stereocenters. The maximum atomic E-state index is 12.7. The third-order valence-electron chi connectivity index (χ3n) is 3.48. The lowest BCUT2D eigenvalue weighted by atomic mass is 10.3. The molecule has 0 radical (unpaired) electrons. The minimum absolute atomic E-state index is 0.0949. The van der Waals surface area contributed by atoms with Crippen molar-refractivity contribution in [1.82, 2.24) is 8.87 Å². The molecule has 6 nitrogen and oxygen atoms in total. The van der Waals surface area contributed by atoms with Crippen LogP contribution in [-0.4, -0.2) is 24.3 Å². The molecule has 0 aliphatic carbocycles. The summed E-state index contributed by atoms with van der Waals surface area (Å²) >= 11 is 4.84. The van der Waals surface area contributed by atoms with Crippen molar-refractivity contribution in [2.24, 2.45) is 7.05 Å². The molecular formula is C14H13BrN2O4S2. The first-order valence-corrected chi connectivity index (χ1v) is 9.64. The van der Waals surface area contributed by atoms with Crippen LogP contribution in [-0.2, 0) is 23.6 Å². The Morgan fingerprint density at radius 2 is 2.04 bits per heavy atom. The van der Waals surface area contributed by atoms with Gasteiger partial charge in [-0.3, -0.25) is 4.57 Å². The van der Waals surface area contributed by atoms with E-state index in [-0.39, 0.29) is 17.0 Å². The van der Waals surface area contributed by atoms with E-state index >= 15 is 0 Å². The largest absolute Gasteiger partial charge is 0.419 e. The molecule has 0 aliphatic rings. The number of oxazole rings is 1. The molecule has 0 N–H and O–H groups in total. The minimum Gasteiger partial charge on any atom is -0.408 e. The molecule has 0 unspecified atom stereocenters. The molecular weight excluding hydrogens is 404 g/mol. The van der Waals surface area contributed by atoms with Crippen molar-refractivity contribution in [2.45, 2.75) is 11.4 Å². The lowest BCUT2D eigenvalue weighted by molar-refractivity contribution is 0.469. The van der Waals surface area contributed by atoms with Crippen molar-refractivity contribution in [2.75, 3.05) is 7.05 Å². The van der Waals surface area contributed by atoms with Crippen LogP contribution < -0.4 is 5.76 Å². The topological polar surface area (TPSA) is 72.5 Å². The van der Waals surface area contributed by atoms with Crippen molar-refractivity contribution < 1.29 is 12.8 Å². The van der Waals surface area contributed by atoms with Crippen LogP contribution in [0.4, 0.5) is 0 Å². The number of aromatic nitrogens is 1. The summed E-state index contributed by atoms with van der Waals surface area (Å²) in [6, 6.07) is 8.19. The number of halogens is 1. The van der Waals surface area contributed by atoms with Gasteiger partial charge in [0, 0.05) is 31.6 Å². The summed E-state index contributed by atoms with van der Waals surface area (Å²) < 4.78 is 34.0. The average molecular weight is 417 g/mol. The SMILES string of the molecule is CN(Cc1ccc(Br)s1)S(=O)(=O)c1ccc2c(c1)oc(=O)n2C. The van der Waals surface area contributed by atoms with Crippen LogP contribution in [0.15, 0.2) is 48.2 Å². The van der Waals surface area contributed by atoms with E-state index in [4.69, 9.17) is 4.42 Å². The molecule has 0 spiro atoms. The third-order valence-corrected chi connectivity index (χ3v) is 6.89. The Labute approximate surface area is 145 Å². The van der Waals surface area contributed by atoms with Gasteiger partial charge in [0.15, 0.2) is 5.58 Å². The molecule has 23 heavy (non-hydrogen) atoms. The van der Waals surface area contributed by atoms with E-state index in [9.17, 15) is 13.2 Å². The van der Waals surface area contributed by atoms with Crippen LogP contribution in [0.25, 0.3) is 11.1 Å². The summed E-state index contributed by atoms with van der Waals surface area (Å²) in [4.78, 5) is 12.5. The molecule has 9 heteroatoms. The van der Waals surface area contributed by atoms with Gasteiger partial charge in [0.2, 0.25) is 10.0 Å². The lowest BCUT2D eigenvalue weighted by Crippen LogP contribution is -2.26. The van der Waals surface area contributed by atoms with Crippen molar-refractivity contribution in [3.63, 3.8) is 0 Å². The van der Waals surface area contributed by atoms with E-state index < -0.39 is 15.8 Å². The molecule has 3 aromatic rings. The van der Waals surface area contributed by atoms with Gasteiger partial charge in [-0.05, 0) is 40.2 Å². The number of hydrogen-bond acceptors (Lipinski definition) is 5. The first-order valence-electron chi connectivity index (χ1n) is 6.59. The van der Waals surface area contributed by atoms with Crippen LogP contribution >= 0.6 is 27.3 Å². The third kappa shape index (κ3) is 3.01. The highest BCUT2D eigenvalue weighted by Crippen LogP contribution is 2.26. The van der Waals surface area contributed by atoms with Crippen molar-refractivity contribution in [1.29, 1.82) is 0 Å². The molecule has 3 rings (SSSR count). The fourth-order valence-electron chi connectivity index (χ4n) is 2.20. The summed E-state index contributed by atoms with van der Waals surface area (Å²) in [6.07, 6.45) is 0. The number of fused-ring (bicyclic) bond motifs is 1. The van der Waals surface area contributed by atoms with Crippen LogP contribution in [0.3, 0.4) is 0 Å². The Morgan fingerprint density at radius 3 is 2.70 bits per heavy atom. The maximum Gasteiger partial charge on any atom is 0.419 e. The van der Waals surface area contributed by atoms with Gasteiger partial charge < -0.3 is 4.42 Å². The number of sulfonamides is 1. The Morgan fingerprint density at radius 1 is 1.30 bits per heavy atom. The van der Waals surface area contributed by atoms with Crippen molar-refractivity contribution in [3.05, 3.63) is 49.5 Å². The molecule has 0 aliphatic heterocycles. The number of rotatable bonds is 4. The summed E-state index contributed by atoms with van der Waals surface area (Å²) in [5, 5.41) is 0. The van der Waals surface area contributed by atoms with Crippen LogP contribution in [0, 0.1) is 0 Å². The number of aryl methyl sites for hydroxylation is 1. The number of hydrogen-bond donors (Lipinski definition) is 0. The van der Waals surface area contributed by atoms with Gasteiger partial charge in [0.05, 0.1) is 14.2 Å². The molecule has 0 bridgehead atoms. The molecule has 2 aromatic heterocycles. The first-order chi connectivity index (χ1) is 10.8. The van der Waals surface area contributed by atoms with Gasteiger partial charge in [-0.1, -0.05) is 0 Å². The minimum atomic E-state index is -3.67. The average Bonchev–Trinajstić information content (AvgIpc) is 3.02. The van der Waals surface area contributed by atoms with Gasteiger partial charge in [-0.15, -0.1) is 11.3 Å². The molecule has 1 aromatic carbocycles. The van der Waals surface area contributed by atoms with E-state index in [2.05, 4.69) is 15.9 Å². The standard InChI is InChI=1S/C14H13BrN2O4S2/c1-16(8-9-3-6-13(15)22-9)23(19,20)10-4-5-11-12(7-10)21-14(18)17(11)2/h3-7H,8H2,1-2H3. The summed E-state index contributed by atoms with van der Waals surface area (Å²) in [5.41, 5.74) is 0.810. The maximum absolute atomic E-state index is 12.7. The zero-order valence-corrected chi connectivity index (χ0v) is 15.5. The number of thiophene rings is 1. The second-order valence-electron chi connectivity index (χ2n) is 5.02. The van der Waals surface area contributed by atoms with Gasteiger partial charge in [0.25, 0.3) is 0 Å². The predicted octanol–water partition coefficient (Wildman–Crippen LogP) is 2.78. The second-order valence-corrected chi connectivity index (χ2v) is 9.62. The highest BCUT2D eigenvalue weighted by Gasteiger charge is 2.23. The highest BCUT2D eigenvalue weighted by molar-refractivity contribution is 9.11. The smallest absolute Gasteiger partial charge is 0.408 e. The van der Waals surface area contributed by atoms with Gasteiger partial charge in [-0.25, -0.2) is 13.2 Å². The van der Waals surface area contributed by atoms with Crippen LogP contribution in [0.1, 0.15) is 4.88 Å². The summed E-state index contributed by atoms with van der Waals surface area (Å²) in [5.74, 6) is -0.522. The molecule has 122 valence electrons. The second kappa shape index (κ2) is 5.90. The lowest BCUT2D eigenvalue weighted by Gasteiger charge is -2.16.